The van der Waals surface area contributed by atoms with Crippen LogP contribution in [0.1, 0.15) is 23.6 Å². The van der Waals surface area contributed by atoms with Gasteiger partial charge in [0.2, 0.25) is 0 Å². The summed E-state index contributed by atoms with van der Waals surface area (Å²) in [5.41, 5.74) is 3.36. The van der Waals surface area contributed by atoms with E-state index in [0.717, 1.165) is 11.1 Å². The van der Waals surface area contributed by atoms with E-state index in [2.05, 4.69) is 5.32 Å². The highest BCUT2D eigenvalue weighted by Crippen LogP contribution is 2.23. The number of nitrogens with one attached hydrogen (secondary N) is 1. The van der Waals surface area contributed by atoms with Gasteiger partial charge in [-0.3, -0.25) is 4.79 Å². The maximum Gasteiger partial charge on any atom is 0.331 e. The third kappa shape index (κ3) is 5.61. The molecule has 4 nitrogen and oxygen atoms in total. The lowest BCUT2D eigenvalue weighted by molar-refractivity contribution is -0.148. The lowest BCUT2D eigenvalue weighted by Gasteiger charge is -2.14. The molecule has 2 aromatic carbocycles. The predicted octanol–water partition coefficient (Wildman–Crippen LogP) is 5.19. The van der Waals surface area contributed by atoms with Crippen LogP contribution in [0.15, 0.2) is 42.5 Å². The molecule has 0 aromatic heterocycles. The van der Waals surface area contributed by atoms with E-state index in [4.69, 9.17) is 27.9 Å². The zero-order valence-corrected chi connectivity index (χ0v) is 16.2. The summed E-state index contributed by atoms with van der Waals surface area (Å²) in [6.07, 6.45) is 1.85. The van der Waals surface area contributed by atoms with Crippen LogP contribution in [-0.2, 0) is 14.3 Å². The summed E-state index contributed by atoms with van der Waals surface area (Å²) in [6, 6.07) is 10.7. The van der Waals surface area contributed by atoms with Gasteiger partial charge in [0.05, 0.1) is 10.0 Å². The molecule has 0 aliphatic heterocycles. The number of anilines is 1. The van der Waals surface area contributed by atoms with Crippen LogP contribution in [0.25, 0.3) is 6.08 Å². The molecular weight excluding hydrogens is 373 g/mol. The van der Waals surface area contributed by atoms with Crippen molar-refractivity contribution in [3.05, 3.63) is 69.2 Å². The molecule has 0 aliphatic rings. The molecule has 0 saturated carbocycles. The number of ether oxygens (including phenoxy) is 1. The van der Waals surface area contributed by atoms with Gasteiger partial charge in [0.1, 0.15) is 0 Å². The van der Waals surface area contributed by atoms with Gasteiger partial charge in [-0.2, -0.15) is 0 Å². The number of benzene rings is 2. The standard InChI is InChI=1S/C20H19Cl2NO3/c1-12-4-5-13(2)18(10-12)23-20(25)14(3)26-19(24)9-7-15-6-8-16(21)17(22)11-15/h4-11,14H,1-3H3,(H,23,25). The van der Waals surface area contributed by atoms with Crippen LogP contribution in [0.4, 0.5) is 5.69 Å². The molecule has 0 saturated heterocycles. The largest absolute Gasteiger partial charge is 0.449 e. The average Bonchev–Trinajstić information content (AvgIpc) is 2.59. The summed E-state index contributed by atoms with van der Waals surface area (Å²) in [5.74, 6) is -1.02. The second kappa shape index (κ2) is 8.88. The molecule has 0 aliphatic carbocycles. The van der Waals surface area contributed by atoms with E-state index < -0.39 is 18.0 Å². The van der Waals surface area contributed by atoms with Gasteiger partial charge in [-0.15, -0.1) is 0 Å². The zero-order valence-electron chi connectivity index (χ0n) is 14.7. The molecule has 0 radical (unpaired) electrons. The number of halogens is 2. The maximum absolute atomic E-state index is 12.2. The molecule has 6 heteroatoms. The Balaban J connectivity index is 1.95. The van der Waals surface area contributed by atoms with Crippen molar-refractivity contribution in [2.75, 3.05) is 5.32 Å². The molecule has 1 unspecified atom stereocenters. The van der Waals surface area contributed by atoms with Crippen LogP contribution in [0.5, 0.6) is 0 Å². The quantitative estimate of drug-likeness (QED) is 0.563. The number of carbonyl (C=O) groups is 2. The van der Waals surface area contributed by atoms with Gasteiger partial charge < -0.3 is 10.1 Å². The molecule has 2 aromatic rings. The average molecular weight is 392 g/mol. The number of amides is 1. The first-order chi connectivity index (χ1) is 12.3. The smallest absolute Gasteiger partial charge is 0.331 e. The third-order valence-electron chi connectivity index (χ3n) is 3.67. The second-order valence-corrected chi connectivity index (χ2v) is 6.71. The molecule has 1 amide bonds. The van der Waals surface area contributed by atoms with Gasteiger partial charge >= 0.3 is 5.97 Å². The molecule has 26 heavy (non-hydrogen) atoms. The Kier molecular flexibility index (Phi) is 6.83. The fourth-order valence-corrected chi connectivity index (χ4v) is 2.46. The molecule has 2 rings (SSSR count). The van der Waals surface area contributed by atoms with Crippen molar-refractivity contribution in [1.29, 1.82) is 0 Å². The van der Waals surface area contributed by atoms with Gasteiger partial charge in [-0.1, -0.05) is 41.4 Å². The molecule has 1 N–H and O–H groups in total. The van der Waals surface area contributed by atoms with E-state index in [1.54, 1.807) is 24.3 Å². The Bertz CT molecular complexity index is 862. The number of rotatable bonds is 5. The number of esters is 1. The van der Waals surface area contributed by atoms with E-state index in [0.29, 0.717) is 21.3 Å². The van der Waals surface area contributed by atoms with Gasteiger partial charge in [-0.25, -0.2) is 4.79 Å². The first-order valence-corrected chi connectivity index (χ1v) is 8.73. The first kappa shape index (κ1) is 20.0. The van der Waals surface area contributed by atoms with E-state index >= 15 is 0 Å². The third-order valence-corrected chi connectivity index (χ3v) is 4.41. The Morgan fingerprint density at radius 1 is 1.08 bits per heavy atom. The Labute approximate surface area is 162 Å². The highest BCUT2D eigenvalue weighted by molar-refractivity contribution is 6.42. The van der Waals surface area contributed by atoms with Gasteiger partial charge in [0, 0.05) is 11.8 Å². The zero-order chi connectivity index (χ0) is 19.3. The van der Waals surface area contributed by atoms with Crippen molar-refractivity contribution >= 4 is 46.8 Å². The van der Waals surface area contributed by atoms with Crippen LogP contribution in [0, 0.1) is 13.8 Å². The van der Waals surface area contributed by atoms with Gasteiger partial charge in [0.25, 0.3) is 5.91 Å². The summed E-state index contributed by atoms with van der Waals surface area (Å²) in [6.45, 7) is 5.35. The molecule has 0 heterocycles. The fraction of sp³-hybridized carbons (Fsp3) is 0.200. The van der Waals surface area contributed by atoms with Crippen molar-refractivity contribution in [2.24, 2.45) is 0 Å². The summed E-state index contributed by atoms with van der Waals surface area (Å²) < 4.78 is 5.13. The van der Waals surface area contributed by atoms with Gasteiger partial charge in [-0.05, 0) is 61.7 Å². The predicted molar refractivity (Wildman–Crippen MR) is 106 cm³/mol. The van der Waals surface area contributed by atoms with Crippen LogP contribution in [0.3, 0.4) is 0 Å². The number of carbonyl (C=O) groups excluding carboxylic acids is 2. The first-order valence-electron chi connectivity index (χ1n) is 7.98. The highest BCUT2D eigenvalue weighted by atomic mass is 35.5. The van der Waals surface area contributed by atoms with E-state index in [1.807, 2.05) is 32.0 Å². The van der Waals surface area contributed by atoms with Crippen molar-refractivity contribution in [2.45, 2.75) is 26.9 Å². The molecule has 136 valence electrons. The van der Waals surface area contributed by atoms with Gasteiger partial charge in [0.15, 0.2) is 6.10 Å². The summed E-state index contributed by atoms with van der Waals surface area (Å²) >= 11 is 11.8. The Hall–Kier alpha value is -2.30. The highest BCUT2D eigenvalue weighted by Gasteiger charge is 2.17. The Morgan fingerprint density at radius 2 is 1.81 bits per heavy atom. The number of hydrogen-bond donors (Lipinski definition) is 1. The minimum absolute atomic E-state index is 0.392. The topological polar surface area (TPSA) is 55.4 Å². The van der Waals surface area contributed by atoms with E-state index in [1.165, 1.54) is 13.0 Å². The number of aryl methyl sites for hydroxylation is 2. The molecular formula is C20H19Cl2NO3. The molecule has 1 atom stereocenters. The molecule has 0 fully saturated rings. The maximum atomic E-state index is 12.2. The molecule has 0 spiro atoms. The number of hydrogen-bond acceptors (Lipinski definition) is 3. The van der Waals surface area contributed by atoms with Crippen molar-refractivity contribution < 1.29 is 14.3 Å². The van der Waals surface area contributed by atoms with Crippen LogP contribution in [0.2, 0.25) is 10.0 Å². The second-order valence-electron chi connectivity index (χ2n) is 5.89. The Morgan fingerprint density at radius 3 is 2.50 bits per heavy atom. The van der Waals surface area contributed by atoms with Crippen LogP contribution in [-0.4, -0.2) is 18.0 Å². The fourth-order valence-electron chi connectivity index (χ4n) is 2.15. The van der Waals surface area contributed by atoms with Crippen LogP contribution < -0.4 is 5.32 Å². The normalized spacial score (nSPS) is 12.0. The summed E-state index contributed by atoms with van der Waals surface area (Å²) in [5, 5.41) is 3.60. The lowest BCUT2D eigenvalue weighted by atomic mass is 10.1. The summed E-state index contributed by atoms with van der Waals surface area (Å²) in [4.78, 5) is 24.1. The van der Waals surface area contributed by atoms with E-state index in [-0.39, 0.29) is 0 Å². The van der Waals surface area contributed by atoms with Crippen molar-refractivity contribution in [3.63, 3.8) is 0 Å². The minimum Gasteiger partial charge on any atom is -0.449 e. The monoisotopic (exact) mass is 391 g/mol. The summed E-state index contributed by atoms with van der Waals surface area (Å²) in [7, 11) is 0. The van der Waals surface area contributed by atoms with Crippen molar-refractivity contribution in [3.8, 4) is 0 Å². The lowest BCUT2D eigenvalue weighted by Crippen LogP contribution is -2.29. The van der Waals surface area contributed by atoms with Crippen molar-refractivity contribution in [1.82, 2.24) is 0 Å². The van der Waals surface area contributed by atoms with Crippen LogP contribution >= 0.6 is 23.2 Å². The minimum atomic E-state index is -0.930. The molecule has 0 bridgehead atoms. The SMILES string of the molecule is Cc1ccc(C)c(NC(=O)C(C)OC(=O)C=Cc2ccc(Cl)c(Cl)c2)c1. The van der Waals surface area contributed by atoms with E-state index in [9.17, 15) is 9.59 Å².